The maximum Gasteiger partial charge on any atom is 0.387 e. The predicted molar refractivity (Wildman–Crippen MR) is 116 cm³/mol. The van der Waals surface area contributed by atoms with Crippen molar-refractivity contribution < 1.29 is 21.9 Å². The number of hydrogen-bond donors (Lipinski definition) is 1. The zero-order chi connectivity index (χ0) is 19.9. The van der Waals surface area contributed by atoms with Crippen LogP contribution in [0.4, 0.5) is 8.78 Å². The van der Waals surface area contributed by atoms with Crippen molar-refractivity contribution in [1.82, 2.24) is 15.1 Å². The fourth-order valence-corrected chi connectivity index (χ4v) is 4.09. The van der Waals surface area contributed by atoms with Crippen molar-refractivity contribution in [1.29, 1.82) is 0 Å². The van der Waals surface area contributed by atoms with Gasteiger partial charge < -0.3 is 15.0 Å². The summed E-state index contributed by atoms with van der Waals surface area (Å²) >= 11 is 0. The molecule has 1 heterocycles. The lowest BCUT2D eigenvalue weighted by atomic mass is 10.2. The summed E-state index contributed by atoms with van der Waals surface area (Å²) in [6.07, 6.45) is 0. The molecule has 1 aromatic rings. The van der Waals surface area contributed by atoms with Gasteiger partial charge >= 0.3 is 6.61 Å². The van der Waals surface area contributed by atoms with Gasteiger partial charge in [-0.3, -0.25) is 9.89 Å². The normalized spacial score (nSPS) is 17.1. The second kappa shape index (κ2) is 11.7. The topological polar surface area (TPSA) is 74.2 Å². The molecule has 2 rings (SSSR count). The minimum atomic E-state index is -2.86. The number of sulfone groups is 1. The number of hydrogen-bond acceptors (Lipinski definition) is 5. The number of benzene rings is 1. The zero-order valence-electron chi connectivity index (χ0n) is 16.0. The standard InChI is InChI=1S/C17H26F2N4O3S.HI/c1-20-17(21-7-8-23-9-11-27(24,25)12-10-23)22(2)13-14-3-5-15(6-4-14)26-16(18)19;/h3-6,16H,7-13H2,1-2H3,(H,20,21);1H. The zero-order valence-corrected chi connectivity index (χ0v) is 19.1. The Hall–Kier alpha value is -1.21. The van der Waals surface area contributed by atoms with Crippen molar-refractivity contribution in [3.63, 3.8) is 0 Å². The second-order valence-corrected chi connectivity index (χ2v) is 8.65. The van der Waals surface area contributed by atoms with Gasteiger partial charge in [-0.25, -0.2) is 8.42 Å². The molecule has 11 heteroatoms. The summed E-state index contributed by atoms with van der Waals surface area (Å²) < 4.78 is 51.6. The number of nitrogens with one attached hydrogen (secondary N) is 1. The van der Waals surface area contributed by atoms with Crippen LogP contribution in [0.5, 0.6) is 5.75 Å². The van der Waals surface area contributed by atoms with E-state index in [9.17, 15) is 17.2 Å². The first kappa shape index (κ1) is 24.8. The third-order valence-corrected chi connectivity index (χ3v) is 5.90. The molecular formula is C17H27F2IN4O3S. The second-order valence-electron chi connectivity index (χ2n) is 6.35. The smallest absolute Gasteiger partial charge is 0.387 e. The molecule has 1 saturated heterocycles. The molecule has 0 spiro atoms. The van der Waals surface area contributed by atoms with Crippen LogP contribution in [0.2, 0.25) is 0 Å². The van der Waals surface area contributed by atoms with Gasteiger partial charge in [0.1, 0.15) is 5.75 Å². The summed E-state index contributed by atoms with van der Waals surface area (Å²) in [4.78, 5) is 8.27. The lowest BCUT2D eigenvalue weighted by Gasteiger charge is -2.28. The van der Waals surface area contributed by atoms with E-state index in [0.29, 0.717) is 32.1 Å². The van der Waals surface area contributed by atoms with Crippen molar-refractivity contribution in [3.8, 4) is 5.75 Å². The summed E-state index contributed by atoms with van der Waals surface area (Å²) in [5, 5.41) is 3.26. The number of halogens is 3. The SMILES string of the molecule is CN=C(NCCN1CCS(=O)(=O)CC1)N(C)Cc1ccc(OC(F)F)cc1.I. The summed E-state index contributed by atoms with van der Waals surface area (Å²) in [5.74, 6) is 1.26. The van der Waals surface area contributed by atoms with Crippen LogP contribution in [-0.4, -0.2) is 82.6 Å². The monoisotopic (exact) mass is 532 g/mol. The minimum Gasteiger partial charge on any atom is -0.435 e. The lowest BCUT2D eigenvalue weighted by Crippen LogP contribution is -2.46. The molecule has 0 aliphatic carbocycles. The van der Waals surface area contributed by atoms with E-state index in [1.807, 2.05) is 11.9 Å². The van der Waals surface area contributed by atoms with Gasteiger partial charge in [-0.1, -0.05) is 12.1 Å². The van der Waals surface area contributed by atoms with Crippen molar-refractivity contribution in [2.75, 3.05) is 51.8 Å². The highest BCUT2D eigenvalue weighted by molar-refractivity contribution is 14.0. The molecule has 0 radical (unpaired) electrons. The summed E-state index contributed by atoms with van der Waals surface area (Å²) in [7, 11) is 0.704. The summed E-state index contributed by atoms with van der Waals surface area (Å²) in [6.45, 7) is 0.231. The first-order valence-corrected chi connectivity index (χ1v) is 10.5. The molecule has 160 valence electrons. The Kier molecular flexibility index (Phi) is 10.4. The van der Waals surface area contributed by atoms with E-state index in [0.717, 1.165) is 12.1 Å². The van der Waals surface area contributed by atoms with Crippen LogP contribution >= 0.6 is 24.0 Å². The van der Waals surface area contributed by atoms with E-state index in [1.54, 1.807) is 19.2 Å². The lowest BCUT2D eigenvalue weighted by molar-refractivity contribution is -0.0498. The Morgan fingerprint density at radius 3 is 2.43 bits per heavy atom. The van der Waals surface area contributed by atoms with Gasteiger partial charge in [-0.05, 0) is 17.7 Å². The summed E-state index contributed by atoms with van der Waals surface area (Å²) in [5.41, 5.74) is 0.934. The van der Waals surface area contributed by atoms with E-state index in [-0.39, 0.29) is 41.2 Å². The largest absolute Gasteiger partial charge is 0.435 e. The Bertz CT molecular complexity index is 718. The van der Waals surface area contributed by atoms with Gasteiger partial charge in [0.05, 0.1) is 11.5 Å². The van der Waals surface area contributed by atoms with Crippen molar-refractivity contribution in [3.05, 3.63) is 29.8 Å². The molecule has 0 saturated carbocycles. The highest BCUT2D eigenvalue weighted by atomic mass is 127. The van der Waals surface area contributed by atoms with Crippen LogP contribution in [0.15, 0.2) is 29.3 Å². The van der Waals surface area contributed by atoms with Crippen LogP contribution in [-0.2, 0) is 16.4 Å². The van der Waals surface area contributed by atoms with Gasteiger partial charge in [0.15, 0.2) is 15.8 Å². The fraction of sp³-hybridized carbons (Fsp3) is 0.588. The van der Waals surface area contributed by atoms with Crippen molar-refractivity contribution in [2.45, 2.75) is 13.2 Å². The number of guanidine groups is 1. The Morgan fingerprint density at radius 2 is 1.89 bits per heavy atom. The van der Waals surface area contributed by atoms with Gasteiger partial charge in [-0.15, -0.1) is 24.0 Å². The molecule has 28 heavy (non-hydrogen) atoms. The van der Waals surface area contributed by atoms with Crippen molar-refractivity contribution >= 4 is 39.8 Å². The van der Waals surface area contributed by atoms with E-state index in [2.05, 4.69) is 19.9 Å². The molecule has 1 aromatic carbocycles. The minimum absolute atomic E-state index is 0. The number of rotatable bonds is 7. The third kappa shape index (κ3) is 8.43. The highest BCUT2D eigenvalue weighted by Crippen LogP contribution is 2.15. The molecule has 0 atom stereocenters. The molecule has 1 fully saturated rings. The van der Waals surface area contributed by atoms with Gasteiger partial charge in [0.2, 0.25) is 0 Å². The average Bonchev–Trinajstić information content (AvgIpc) is 2.61. The fourth-order valence-electron chi connectivity index (χ4n) is 2.81. The average molecular weight is 532 g/mol. The van der Waals surface area contributed by atoms with E-state index in [1.165, 1.54) is 12.1 Å². The van der Waals surface area contributed by atoms with Gasteiger partial charge in [-0.2, -0.15) is 8.78 Å². The maximum absolute atomic E-state index is 12.2. The molecule has 0 bridgehead atoms. The first-order chi connectivity index (χ1) is 12.8. The Labute approximate surface area is 182 Å². The molecule has 1 aliphatic heterocycles. The maximum atomic E-state index is 12.2. The number of ether oxygens (including phenoxy) is 1. The van der Waals surface area contributed by atoms with Crippen LogP contribution in [0.1, 0.15) is 5.56 Å². The third-order valence-electron chi connectivity index (χ3n) is 4.29. The first-order valence-electron chi connectivity index (χ1n) is 8.67. The quantitative estimate of drug-likeness (QED) is 0.327. The van der Waals surface area contributed by atoms with Crippen LogP contribution < -0.4 is 10.1 Å². The molecule has 0 unspecified atom stereocenters. The van der Waals surface area contributed by atoms with Gasteiger partial charge in [0.25, 0.3) is 0 Å². The molecular weight excluding hydrogens is 505 g/mol. The van der Waals surface area contributed by atoms with Crippen LogP contribution in [0.25, 0.3) is 0 Å². The predicted octanol–water partition coefficient (Wildman–Crippen LogP) is 1.64. The molecule has 7 nitrogen and oxygen atoms in total. The van der Waals surface area contributed by atoms with E-state index in [4.69, 9.17) is 0 Å². The van der Waals surface area contributed by atoms with Gasteiger partial charge in [0, 0.05) is 46.8 Å². The van der Waals surface area contributed by atoms with E-state index < -0.39 is 16.4 Å². The van der Waals surface area contributed by atoms with E-state index >= 15 is 0 Å². The van der Waals surface area contributed by atoms with Crippen LogP contribution in [0.3, 0.4) is 0 Å². The Morgan fingerprint density at radius 1 is 1.29 bits per heavy atom. The number of aliphatic imine (C=N–C) groups is 1. The molecule has 1 aliphatic rings. The molecule has 0 amide bonds. The number of nitrogens with zero attached hydrogens (tertiary/aromatic N) is 3. The van der Waals surface area contributed by atoms with Crippen molar-refractivity contribution in [2.24, 2.45) is 4.99 Å². The molecule has 1 N–H and O–H groups in total. The summed E-state index contributed by atoms with van der Waals surface area (Å²) in [6, 6.07) is 6.48. The van der Waals surface area contributed by atoms with Crippen LogP contribution in [0, 0.1) is 0 Å². The highest BCUT2D eigenvalue weighted by Gasteiger charge is 2.21. The Balaban J connectivity index is 0.00000392. The molecule has 0 aromatic heterocycles. The number of alkyl halides is 2.